The van der Waals surface area contributed by atoms with Crippen LogP contribution in [0.4, 0.5) is 16.3 Å². The van der Waals surface area contributed by atoms with Crippen LogP contribution in [0.2, 0.25) is 0 Å². The number of hydrogen-bond donors (Lipinski definition) is 4. The van der Waals surface area contributed by atoms with Gasteiger partial charge in [-0.05, 0) is 50.1 Å². The van der Waals surface area contributed by atoms with Gasteiger partial charge in [-0.15, -0.1) is 0 Å². The molecule has 5 N–H and O–H groups in total. The summed E-state index contributed by atoms with van der Waals surface area (Å²) in [5.41, 5.74) is 9.16. The van der Waals surface area contributed by atoms with E-state index in [4.69, 9.17) is 5.73 Å². The van der Waals surface area contributed by atoms with E-state index in [0.717, 1.165) is 24.0 Å². The monoisotopic (exact) mass is 449 g/mol. The number of amides is 3. The van der Waals surface area contributed by atoms with Crippen molar-refractivity contribution >= 4 is 23.4 Å². The number of benzene rings is 1. The minimum Gasteiger partial charge on any atom is -0.384 e. The van der Waals surface area contributed by atoms with E-state index < -0.39 is 0 Å². The Bertz CT molecular complexity index is 1070. The standard InChI is InChI=1S/C24H31N7O2/c1-4-5-12-26-23(32)21-13-20(30-31(21)16(2)3)18-7-9-19(10-8-18)29-24(33)28-15-17-6-11-22(25)27-14-17/h6-11,13-14,16H,4-5,12,15H2,1-3H3,(H2,25,27)(H,26,32)(H2,28,29,33). The number of rotatable bonds is 9. The summed E-state index contributed by atoms with van der Waals surface area (Å²) < 4.78 is 1.74. The lowest BCUT2D eigenvalue weighted by Crippen LogP contribution is -2.28. The molecule has 33 heavy (non-hydrogen) atoms. The molecule has 0 spiro atoms. The van der Waals surface area contributed by atoms with E-state index in [1.165, 1.54) is 0 Å². The molecule has 3 amide bonds. The van der Waals surface area contributed by atoms with E-state index in [1.807, 2.05) is 32.0 Å². The molecule has 2 aromatic heterocycles. The molecule has 0 saturated carbocycles. The highest BCUT2D eigenvalue weighted by atomic mass is 16.2. The van der Waals surface area contributed by atoms with Crippen LogP contribution in [-0.2, 0) is 6.54 Å². The highest BCUT2D eigenvalue weighted by molar-refractivity contribution is 5.94. The quantitative estimate of drug-likeness (QED) is 0.368. The van der Waals surface area contributed by atoms with Gasteiger partial charge in [0, 0.05) is 36.6 Å². The number of anilines is 2. The van der Waals surface area contributed by atoms with Gasteiger partial charge < -0.3 is 21.7 Å². The van der Waals surface area contributed by atoms with Gasteiger partial charge in [-0.2, -0.15) is 5.10 Å². The second-order valence-corrected chi connectivity index (χ2v) is 8.04. The molecule has 0 saturated heterocycles. The SMILES string of the molecule is CCCCNC(=O)c1cc(-c2ccc(NC(=O)NCc3ccc(N)nc3)cc2)nn1C(C)C. The summed E-state index contributed by atoms with van der Waals surface area (Å²) in [6.07, 6.45) is 3.58. The van der Waals surface area contributed by atoms with Crippen molar-refractivity contribution in [3.63, 3.8) is 0 Å². The zero-order valence-electron chi connectivity index (χ0n) is 19.3. The molecule has 0 fully saturated rings. The predicted molar refractivity (Wildman–Crippen MR) is 130 cm³/mol. The minimum absolute atomic E-state index is 0.0477. The molecule has 0 bridgehead atoms. The van der Waals surface area contributed by atoms with Crippen LogP contribution < -0.4 is 21.7 Å². The van der Waals surface area contributed by atoms with Crippen LogP contribution in [0.5, 0.6) is 0 Å². The summed E-state index contributed by atoms with van der Waals surface area (Å²) >= 11 is 0. The van der Waals surface area contributed by atoms with Gasteiger partial charge in [0.05, 0.1) is 5.69 Å². The first-order valence-corrected chi connectivity index (χ1v) is 11.1. The number of aromatic nitrogens is 3. The van der Waals surface area contributed by atoms with E-state index in [9.17, 15) is 9.59 Å². The van der Waals surface area contributed by atoms with Gasteiger partial charge in [-0.3, -0.25) is 9.48 Å². The van der Waals surface area contributed by atoms with E-state index >= 15 is 0 Å². The number of unbranched alkanes of at least 4 members (excludes halogenated alkanes) is 1. The fourth-order valence-corrected chi connectivity index (χ4v) is 3.19. The van der Waals surface area contributed by atoms with E-state index in [1.54, 1.807) is 35.1 Å². The molecular formula is C24H31N7O2. The van der Waals surface area contributed by atoms with Crippen molar-refractivity contribution in [2.45, 2.75) is 46.2 Å². The van der Waals surface area contributed by atoms with Crippen molar-refractivity contribution in [1.82, 2.24) is 25.4 Å². The number of nitrogen functional groups attached to an aromatic ring is 1. The van der Waals surface area contributed by atoms with Crippen molar-refractivity contribution in [2.75, 3.05) is 17.6 Å². The number of nitrogens with one attached hydrogen (secondary N) is 3. The normalized spacial score (nSPS) is 10.8. The topological polar surface area (TPSA) is 127 Å². The fourth-order valence-electron chi connectivity index (χ4n) is 3.19. The maximum Gasteiger partial charge on any atom is 0.319 e. The maximum atomic E-state index is 12.6. The molecular weight excluding hydrogens is 418 g/mol. The van der Waals surface area contributed by atoms with Crippen molar-refractivity contribution in [3.05, 3.63) is 59.9 Å². The number of nitrogens with zero attached hydrogens (tertiary/aromatic N) is 3. The maximum absolute atomic E-state index is 12.6. The van der Waals surface area contributed by atoms with Crippen LogP contribution in [0.1, 0.15) is 55.7 Å². The molecule has 174 valence electrons. The highest BCUT2D eigenvalue weighted by Crippen LogP contribution is 2.23. The van der Waals surface area contributed by atoms with Gasteiger partial charge in [0.1, 0.15) is 11.5 Å². The summed E-state index contributed by atoms with van der Waals surface area (Å²) in [4.78, 5) is 28.8. The summed E-state index contributed by atoms with van der Waals surface area (Å²) in [7, 11) is 0. The van der Waals surface area contributed by atoms with Gasteiger partial charge in [-0.1, -0.05) is 31.5 Å². The number of carbonyl (C=O) groups excluding carboxylic acids is 2. The minimum atomic E-state index is -0.324. The molecule has 3 rings (SSSR count). The summed E-state index contributed by atoms with van der Waals surface area (Å²) in [6.45, 7) is 7.05. The highest BCUT2D eigenvalue weighted by Gasteiger charge is 2.18. The molecule has 0 aliphatic carbocycles. The number of hydrogen-bond acceptors (Lipinski definition) is 5. The molecule has 0 unspecified atom stereocenters. The van der Waals surface area contributed by atoms with Crippen LogP contribution >= 0.6 is 0 Å². The molecule has 0 aliphatic heterocycles. The Morgan fingerprint density at radius 3 is 2.48 bits per heavy atom. The van der Waals surface area contributed by atoms with Crippen LogP contribution in [0, 0.1) is 0 Å². The van der Waals surface area contributed by atoms with Crippen LogP contribution in [-0.4, -0.2) is 33.2 Å². The van der Waals surface area contributed by atoms with Crippen LogP contribution in [0.25, 0.3) is 11.3 Å². The summed E-state index contributed by atoms with van der Waals surface area (Å²) in [6, 6.07) is 12.4. The zero-order valence-corrected chi connectivity index (χ0v) is 19.3. The Morgan fingerprint density at radius 2 is 1.85 bits per heavy atom. The molecule has 1 aromatic carbocycles. The first kappa shape index (κ1) is 23.8. The van der Waals surface area contributed by atoms with Crippen LogP contribution in [0.3, 0.4) is 0 Å². The van der Waals surface area contributed by atoms with E-state index in [-0.39, 0.29) is 18.0 Å². The van der Waals surface area contributed by atoms with Gasteiger partial charge in [0.15, 0.2) is 0 Å². The van der Waals surface area contributed by atoms with E-state index in [2.05, 4.69) is 33.0 Å². The van der Waals surface area contributed by atoms with Crippen molar-refractivity contribution in [1.29, 1.82) is 0 Å². The van der Waals surface area contributed by atoms with Crippen LogP contribution in [0.15, 0.2) is 48.7 Å². The molecule has 0 aliphatic rings. The summed E-state index contributed by atoms with van der Waals surface area (Å²) in [5, 5.41) is 13.2. The first-order chi connectivity index (χ1) is 15.9. The smallest absolute Gasteiger partial charge is 0.319 e. The lowest BCUT2D eigenvalue weighted by Gasteiger charge is -2.10. The van der Waals surface area contributed by atoms with Crippen molar-refractivity contribution in [3.8, 4) is 11.3 Å². The fraction of sp³-hybridized carbons (Fsp3) is 0.333. The van der Waals surface area contributed by atoms with E-state index in [0.29, 0.717) is 36.0 Å². The Kier molecular flexibility index (Phi) is 8.01. The molecule has 0 radical (unpaired) electrons. The number of urea groups is 1. The van der Waals surface area contributed by atoms with Gasteiger partial charge in [-0.25, -0.2) is 9.78 Å². The summed E-state index contributed by atoms with van der Waals surface area (Å²) in [5.74, 6) is 0.313. The van der Waals surface area contributed by atoms with Gasteiger partial charge in [0.2, 0.25) is 0 Å². The Labute approximate surface area is 193 Å². The lowest BCUT2D eigenvalue weighted by molar-refractivity contribution is 0.0940. The Hall–Kier alpha value is -3.88. The lowest BCUT2D eigenvalue weighted by atomic mass is 10.1. The third-order valence-corrected chi connectivity index (χ3v) is 5.01. The van der Waals surface area contributed by atoms with Gasteiger partial charge >= 0.3 is 6.03 Å². The van der Waals surface area contributed by atoms with Gasteiger partial charge in [0.25, 0.3) is 5.91 Å². The second kappa shape index (κ2) is 11.1. The average Bonchev–Trinajstić information content (AvgIpc) is 3.25. The number of carbonyl (C=O) groups is 2. The molecule has 9 heteroatoms. The predicted octanol–water partition coefficient (Wildman–Crippen LogP) is 3.96. The van der Waals surface area contributed by atoms with Crippen molar-refractivity contribution in [2.24, 2.45) is 0 Å². The zero-order chi connectivity index (χ0) is 23.8. The third-order valence-electron chi connectivity index (χ3n) is 5.01. The molecule has 2 heterocycles. The first-order valence-electron chi connectivity index (χ1n) is 11.1. The molecule has 0 atom stereocenters. The number of pyridine rings is 1. The molecule has 3 aromatic rings. The average molecular weight is 450 g/mol. The molecule has 9 nitrogen and oxygen atoms in total. The third kappa shape index (κ3) is 6.55. The Balaban J connectivity index is 1.64. The van der Waals surface area contributed by atoms with Crippen molar-refractivity contribution < 1.29 is 9.59 Å². The second-order valence-electron chi connectivity index (χ2n) is 8.04. The largest absolute Gasteiger partial charge is 0.384 e. The Morgan fingerprint density at radius 1 is 1.09 bits per heavy atom. The number of nitrogens with two attached hydrogens (primary N) is 1.